The third-order valence-corrected chi connectivity index (χ3v) is 3.64. The van der Waals surface area contributed by atoms with E-state index in [2.05, 4.69) is 26.2 Å². The van der Waals surface area contributed by atoms with E-state index >= 15 is 0 Å². The summed E-state index contributed by atoms with van der Waals surface area (Å²) < 4.78 is 5.56. The molecule has 1 aromatic heterocycles. The van der Waals surface area contributed by atoms with Crippen molar-refractivity contribution in [2.24, 2.45) is 0 Å². The molecule has 0 unspecified atom stereocenters. The van der Waals surface area contributed by atoms with Gasteiger partial charge in [0.05, 0.1) is 7.11 Å². The zero-order valence-corrected chi connectivity index (χ0v) is 12.0. The van der Waals surface area contributed by atoms with E-state index in [9.17, 15) is 4.79 Å². The van der Waals surface area contributed by atoms with Gasteiger partial charge in [-0.25, -0.2) is 9.78 Å². The molecule has 1 aromatic rings. The van der Waals surface area contributed by atoms with Gasteiger partial charge in [0.15, 0.2) is 0 Å². The third kappa shape index (κ3) is 3.22. The van der Waals surface area contributed by atoms with Crippen molar-refractivity contribution in [3.63, 3.8) is 0 Å². The van der Waals surface area contributed by atoms with E-state index in [0.29, 0.717) is 17.4 Å². The van der Waals surface area contributed by atoms with Gasteiger partial charge >= 0.3 is 5.97 Å². The minimum absolute atomic E-state index is 0.359. The first-order chi connectivity index (χ1) is 8.70. The Kier molecular flexibility index (Phi) is 4.58. The second-order valence-corrected chi connectivity index (χ2v) is 5.44. The fraction of sp³-hybridized carbons (Fsp3) is 0.538. The lowest BCUT2D eigenvalue weighted by Crippen LogP contribution is -2.24. The number of carbonyl (C=O) groups is 1. The molecule has 1 saturated carbocycles. The minimum Gasteiger partial charge on any atom is -0.465 e. The monoisotopic (exact) mass is 312 g/mol. The number of carbonyl (C=O) groups excluding carboxylic acids is 1. The van der Waals surface area contributed by atoms with Crippen LogP contribution in [0.2, 0.25) is 0 Å². The van der Waals surface area contributed by atoms with Crippen LogP contribution in [0, 0.1) is 0 Å². The summed E-state index contributed by atoms with van der Waals surface area (Å²) in [5.74, 6) is 0.263. The molecule has 0 saturated heterocycles. The van der Waals surface area contributed by atoms with Gasteiger partial charge in [0.1, 0.15) is 11.4 Å². The molecule has 0 amide bonds. The Bertz CT molecular complexity index is 431. The highest BCUT2D eigenvalue weighted by Gasteiger charge is 2.18. The van der Waals surface area contributed by atoms with Gasteiger partial charge in [-0.15, -0.1) is 0 Å². The van der Waals surface area contributed by atoms with E-state index in [1.54, 1.807) is 12.3 Å². The highest BCUT2D eigenvalue weighted by molar-refractivity contribution is 9.10. The van der Waals surface area contributed by atoms with Crippen molar-refractivity contribution in [2.45, 2.75) is 38.1 Å². The van der Waals surface area contributed by atoms with Gasteiger partial charge in [-0.05, 0) is 34.8 Å². The molecule has 1 heterocycles. The maximum atomic E-state index is 11.7. The van der Waals surface area contributed by atoms with E-state index in [-0.39, 0.29) is 5.97 Å². The maximum Gasteiger partial charge on any atom is 0.341 e. The summed E-state index contributed by atoms with van der Waals surface area (Å²) in [6.07, 6.45) is 7.74. The van der Waals surface area contributed by atoms with Gasteiger partial charge in [0.25, 0.3) is 0 Å². The highest BCUT2D eigenvalue weighted by atomic mass is 79.9. The van der Waals surface area contributed by atoms with Gasteiger partial charge in [-0.2, -0.15) is 0 Å². The molecule has 2 rings (SSSR count). The Morgan fingerprint density at radius 2 is 2.17 bits per heavy atom. The number of rotatable bonds is 3. The summed E-state index contributed by atoms with van der Waals surface area (Å²) >= 11 is 3.32. The van der Waals surface area contributed by atoms with Crippen LogP contribution in [-0.4, -0.2) is 24.1 Å². The largest absolute Gasteiger partial charge is 0.465 e. The van der Waals surface area contributed by atoms with Gasteiger partial charge in [-0.3, -0.25) is 0 Å². The van der Waals surface area contributed by atoms with Crippen LogP contribution in [0.1, 0.15) is 42.5 Å². The van der Waals surface area contributed by atoms with Crippen LogP contribution in [0.5, 0.6) is 0 Å². The lowest BCUT2D eigenvalue weighted by molar-refractivity contribution is 0.0601. The number of hydrogen-bond acceptors (Lipinski definition) is 4. The molecular formula is C13H17BrN2O2. The Labute approximate surface area is 115 Å². The quantitative estimate of drug-likeness (QED) is 0.869. The maximum absolute atomic E-state index is 11.7. The average molecular weight is 313 g/mol. The molecule has 1 N–H and O–H groups in total. The van der Waals surface area contributed by atoms with Gasteiger partial charge < -0.3 is 10.1 Å². The number of pyridine rings is 1. The van der Waals surface area contributed by atoms with Crippen molar-refractivity contribution in [2.75, 3.05) is 12.4 Å². The van der Waals surface area contributed by atoms with Gasteiger partial charge in [0.2, 0.25) is 0 Å². The lowest BCUT2D eigenvalue weighted by Gasteiger charge is -2.24. The summed E-state index contributed by atoms with van der Waals surface area (Å²) in [6.45, 7) is 0. The molecule has 1 aliphatic carbocycles. The van der Waals surface area contributed by atoms with E-state index in [0.717, 1.165) is 17.3 Å². The molecule has 0 atom stereocenters. The number of halogens is 1. The molecule has 4 nitrogen and oxygen atoms in total. The first kappa shape index (κ1) is 13.3. The molecule has 98 valence electrons. The second kappa shape index (κ2) is 6.18. The highest BCUT2D eigenvalue weighted by Crippen LogP contribution is 2.24. The van der Waals surface area contributed by atoms with Crippen molar-refractivity contribution in [1.29, 1.82) is 0 Å². The fourth-order valence-corrected chi connectivity index (χ4v) is 2.59. The van der Waals surface area contributed by atoms with Crippen LogP contribution >= 0.6 is 15.9 Å². The first-order valence-corrected chi connectivity index (χ1v) is 7.00. The minimum atomic E-state index is -0.359. The average Bonchev–Trinajstić information content (AvgIpc) is 2.41. The molecule has 5 heteroatoms. The Morgan fingerprint density at radius 1 is 1.44 bits per heavy atom. The van der Waals surface area contributed by atoms with Crippen molar-refractivity contribution in [3.05, 3.63) is 22.3 Å². The van der Waals surface area contributed by atoms with E-state index < -0.39 is 0 Å². The smallest absolute Gasteiger partial charge is 0.341 e. The van der Waals surface area contributed by atoms with Crippen molar-refractivity contribution < 1.29 is 9.53 Å². The fourth-order valence-electron chi connectivity index (χ4n) is 2.26. The Balaban J connectivity index is 2.17. The van der Waals surface area contributed by atoms with Crippen molar-refractivity contribution in [1.82, 2.24) is 4.98 Å². The SMILES string of the molecule is COC(=O)c1cc(Br)cnc1NC1CCCCC1. The van der Waals surface area contributed by atoms with Crippen molar-refractivity contribution >= 4 is 27.7 Å². The number of nitrogens with zero attached hydrogens (tertiary/aromatic N) is 1. The lowest BCUT2D eigenvalue weighted by atomic mass is 9.95. The number of nitrogens with one attached hydrogen (secondary N) is 1. The van der Waals surface area contributed by atoms with E-state index in [1.165, 1.54) is 26.4 Å². The predicted molar refractivity (Wildman–Crippen MR) is 73.8 cm³/mol. The Morgan fingerprint density at radius 3 is 2.83 bits per heavy atom. The number of esters is 1. The summed E-state index contributed by atoms with van der Waals surface area (Å²) in [4.78, 5) is 16.0. The number of hydrogen-bond donors (Lipinski definition) is 1. The predicted octanol–water partition coefficient (Wildman–Crippen LogP) is 3.38. The number of methoxy groups -OCH3 is 1. The molecule has 0 bridgehead atoms. The van der Waals surface area contributed by atoms with Crippen LogP contribution in [0.15, 0.2) is 16.7 Å². The van der Waals surface area contributed by atoms with Gasteiger partial charge in [-0.1, -0.05) is 19.3 Å². The third-order valence-electron chi connectivity index (χ3n) is 3.21. The van der Waals surface area contributed by atoms with Crippen LogP contribution in [-0.2, 0) is 4.74 Å². The van der Waals surface area contributed by atoms with Gasteiger partial charge in [0, 0.05) is 16.7 Å². The normalized spacial score (nSPS) is 16.3. The second-order valence-electron chi connectivity index (χ2n) is 4.52. The molecule has 18 heavy (non-hydrogen) atoms. The zero-order valence-electron chi connectivity index (χ0n) is 10.4. The summed E-state index contributed by atoms with van der Waals surface area (Å²) in [5, 5.41) is 3.36. The molecule has 0 spiro atoms. The zero-order chi connectivity index (χ0) is 13.0. The van der Waals surface area contributed by atoms with Crippen LogP contribution < -0.4 is 5.32 Å². The number of aromatic nitrogens is 1. The van der Waals surface area contributed by atoms with Crippen molar-refractivity contribution in [3.8, 4) is 0 Å². The Hall–Kier alpha value is -1.10. The summed E-state index contributed by atoms with van der Waals surface area (Å²) in [7, 11) is 1.38. The standard InChI is InChI=1S/C13H17BrN2O2/c1-18-13(17)11-7-9(14)8-15-12(11)16-10-5-3-2-4-6-10/h7-8,10H,2-6H2,1H3,(H,15,16). The van der Waals surface area contributed by atoms with E-state index in [4.69, 9.17) is 4.74 Å². The molecule has 1 fully saturated rings. The summed E-state index contributed by atoms with van der Waals surface area (Å²) in [5.41, 5.74) is 0.484. The number of ether oxygens (including phenoxy) is 1. The first-order valence-electron chi connectivity index (χ1n) is 6.21. The molecule has 0 aromatic carbocycles. The molecular weight excluding hydrogens is 296 g/mol. The van der Waals surface area contributed by atoms with E-state index in [1.807, 2.05) is 0 Å². The molecule has 0 aliphatic heterocycles. The van der Waals surface area contributed by atoms with Crippen LogP contribution in [0.25, 0.3) is 0 Å². The summed E-state index contributed by atoms with van der Waals surface area (Å²) in [6, 6.07) is 2.15. The van der Waals surface area contributed by atoms with Crippen LogP contribution in [0.4, 0.5) is 5.82 Å². The molecule has 1 aliphatic rings. The molecule has 0 radical (unpaired) electrons. The topological polar surface area (TPSA) is 51.2 Å². The van der Waals surface area contributed by atoms with Crippen LogP contribution in [0.3, 0.4) is 0 Å². The number of anilines is 1.